The van der Waals surface area contributed by atoms with Crippen molar-refractivity contribution in [2.24, 2.45) is 22.1 Å². The molecule has 0 spiro atoms. The lowest BCUT2D eigenvalue weighted by Gasteiger charge is -2.42. The first-order chi connectivity index (χ1) is 18.6. The normalized spacial score (nSPS) is 26.7. The third-order valence-electron chi connectivity index (χ3n) is 9.69. The Morgan fingerprint density at radius 3 is 2.02 bits per heavy atom. The summed E-state index contributed by atoms with van der Waals surface area (Å²) in [5, 5.41) is 0.0271. The highest BCUT2D eigenvalue weighted by Crippen LogP contribution is 2.43. The molecular weight excluding hydrogens is 547 g/mol. The average Bonchev–Trinajstić information content (AvgIpc) is 2.99. The van der Waals surface area contributed by atoms with E-state index < -0.39 is 26.4 Å². The van der Waals surface area contributed by atoms with E-state index in [-0.39, 0.29) is 29.1 Å². The van der Waals surface area contributed by atoms with Gasteiger partial charge in [0.2, 0.25) is 0 Å². The molecular formula is C33H59NO3SSi2. The summed E-state index contributed by atoms with van der Waals surface area (Å²) in [7, 11) is -5.31. The van der Waals surface area contributed by atoms with Crippen LogP contribution in [0, 0.1) is 17.8 Å². The van der Waals surface area contributed by atoms with Crippen molar-refractivity contribution in [3.63, 3.8) is 0 Å². The van der Waals surface area contributed by atoms with Crippen molar-refractivity contribution in [1.29, 1.82) is 0 Å². The van der Waals surface area contributed by atoms with Crippen LogP contribution < -0.4 is 0 Å². The topological polar surface area (TPSA) is 47.9 Å². The van der Waals surface area contributed by atoms with Gasteiger partial charge in [-0.05, 0) is 66.7 Å². The van der Waals surface area contributed by atoms with Crippen molar-refractivity contribution < 1.29 is 13.1 Å². The molecule has 0 saturated carbocycles. The van der Waals surface area contributed by atoms with E-state index in [1.54, 1.807) is 7.05 Å². The Morgan fingerprint density at radius 2 is 1.57 bits per heavy atom. The molecule has 0 heterocycles. The van der Waals surface area contributed by atoms with Gasteiger partial charge in [-0.3, -0.25) is 0 Å². The summed E-state index contributed by atoms with van der Waals surface area (Å²) in [5.74, 6) is 0.556. The van der Waals surface area contributed by atoms with E-state index in [2.05, 4.69) is 93.6 Å². The van der Waals surface area contributed by atoms with Crippen molar-refractivity contribution >= 4 is 26.4 Å². The number of hydrogen-bond donors (Lipinski definition) is 0. The Bertz CT molecular complexity index is 1100. The van der Waals surface area contributed by atoms with Crippen LogP contribution in [-0.2, 0) is 18.6 Å². The molecule has 0 radical (unpaired) electrons. The van der Waals surface area contributed by atoms with Gasteiger partial charge in [0.05, 0.1) is 22.0 Å². The van der Waals surface area contributed by atoms with Gasteiger partial charge in [0.25, 0.3) is 0 Å². The van der Waals surface area contributed by atoms with Crippen LogP contribution in [0.15, 0.2) is 62.7 Å². The fourth-order valence-corrected chi connectivity index (χ4v) is 11.8. The summed E-state index contributed by atoms with van der Waals surface area (Å²) < 4.78 is 34.5. The van der Waals surface area contributed by atoms with Crippen molar-refractivity contribution in [2.75, 3.05) is 7.05 Å². The Balaban J connectivity index is 2.93. The smallest absolute Gasteiger partial charge is 0.192 e. The predicted octanol–water partition coefficient (Wildman–Crippen LogP) is 10.1. The Kier molecular flexibility index (Phi) is 12.7. The maximum absolute atomic E-state index is 15.3. The van der Waals surface area contributed by atoms with Crippen molar-refractivity contribution in [2.45, 2.75) is 129 Å². The van der Waals surface area contributed by atoms with Gasteiger partial charge in [-0.2, -0.15) is 0 Å². The highest BCUT2D eigenvalue weighted by molar-refractivity contribution is 7.97. The molecule has 1 aromatic rings. The second-order valence-electron chi connectivity index (χ2n) is 13.4. The molecule has 1 aliphatic carbocycles. The van der Waals surface area contributed by atoms with Crippen LogP contribution in [-0.4, -0.2) is 40.1 Å². The third-order valence-corrected chi connectivity index (χ3v) is 21.2. The van der Waals surface area contributed by atoms with Gasteiger partial charge in [0.1, 0.15) is 9.73 Å². The predicted molar refractivity (Wildman–Crippen MR) is 179 cm³/mol. The van der Waals surface area contributed by atoms with Gasteiger partial charge < -0.3 is 8.85 Å². The molecule has 1 aromatic carbocycles. The number of allylic oxidation sites excluding steroid dienone is 1. The van der Waals surface area contributed by atoms with E-state index in [0.29, 0.717) is 5.92 Å². The zero-order chi connectivity index (χ0) is 30.4. The first-order valence-corrected chi connectivity index (χ1v) is 22.5. The van der Waals surface area contributed by atoms with Crippen LogP contribution in [0.1, 0.15) is 75.2 Å². The van der Waals surface area contributed by atoms with E-state index in [1.165, 1.54) is 0 Å². The molecule has 4 nitrogen and oxygen atoms in total. The maximum atomic E-state index is 15.3. The second kappa shape index (κ2) is 14.5. The Labute approximate surface area is 249 Å². The van der Waals surface area contributed by atoms with Crippen LogP contribution >= 0.6 is 0 Å². The monoisotopic (exact) mass is 605 g/mol. The molecule has 1 unspecified atom stereocenters. The Hall–Kier alpha value is -0.996. The SMILES string of the molecule is CC[C@@H]1C/C=C\[C@H](O[Si](CC)(CC)CC)[C@H](C(C)C)/C=C(/S(=O)(=NC)c2ccccc2)[C@H]1O[Si](C)(C)C(C)(C)C. The number of benzene rings is 1. The molecule has 1 aliphatic rings. The number of rotatable bonds is 11. The molecule has 0 N–H and O–H groups in total. The lowest BCUT2D eigenvalue weighted by molar-refractivity contribution is 0.149. The molecule has 5 atom stereocenters. The quantitative estimate of drug-likeness (QED) is 0.186. The minimum absolute atomic E-state index is 0.0271. The van der Waals surface area contributed by atoms with Gasteiger partial charge >= 0.3 is 0 Å². The lowest BCUT2D eigenvalue weighted by Crippen LogP contribution is -2.47. The van der Waals surface area contributed by atoms with Crippen LogP contribution in [0.5, 0.6) is 0 Å². The summed E-state index contributed by atoms with van der Waals surface area (Å²) in [6, 6.07) is 13.1. The molecule has 228 valence electrons. The molecule has 0 bridgehead atoms. The second-order valence-corrected chi connectivity index (χ2v) is 25.2. The minimum Gasteiger partial charge on any atom is -0.410 e. The van der Waals surface area contributed by atoms with E-state index in [1.807, 2.05) is 30.3 Å². The third kappa shape index (κ3) is 7.88. The van der Waals surface area contributed by atoms with Crippen LogP contribution in [0.3, 0.4) is 0 Å². The molecule has 0 fully saturated rings. The van der Waals surface area contributed by atoms with Crippen LogP contribution in [0.4, 0.5) is 0 Å². The zero-order valence-corrected chi connectivity index (χ0v) is 30.4. The summed E-state index contributed by atoms with van der Waals surface area (Å²) in [4.78, 5) is 1.61. The fraction of sp³-hybridized carbons (Fsp3) is 0.697. The van der Waals surface area contributed by atoms with Gasteiger partial charge in [0, 0.05) is 13.0 Å². The molecule has 0 amide bonds. The molecule has 7 heteroatoms. The highest BCUT2D eigenvalue weighted by Gasteiger charge is 2.44. The molecule has 0 saturated heterocycles. The van der Waals surface area contributed by atoms with Gasteiger partial charge in [-0.25, -0.2) is 8.57 Å². The lowest BCUT2D eigenvalue weighted by atomic mass is 9.89. The molecule has 0 aliphatic heterocycles. The Morgan fingerprint density at radius 1 is 1.00 bits per heavy atom. The molecule has 40 heavy (non-hydrogen) atoms. The van der Waals surface area contributed by atoms with E-state index in [0.717, 1.165) is 40.8 Å². The first kappa shape index (κ1) is 35.2. The van der Waals surface area contributed by atoms with Crippen molar-refractivity contribution in [3.8, 4) is 0 Å². The summed E-state index contributed by atoms with van der Waals surface area (Å²) >= 11 is 0. The van der Waals surface area contributed by atoms with Gasteiger partial charge in [-0.1, -0.05) is 105 Å². The minimum atomic E-state index is -2.91. The maximum Gasteiger partial charge on any atom is 0.192 e. The fourth-order valence-electron chi connectivity index (χ4n) is 5.46. The molecule has 0 aromatic heterocycles. The van der Waals surface area contributed by atoms with E-state index in [9.17, 15) is 0 Å². The first-order valence-electron chi connectivity index (χ1n) is 15.6. The number of nitrogens with zero attached hydrogens (tertiary/aromatic N) is 1. The van der Waals surface area contributed by atoms with Gasteiger partial charge in [-0.15, -0.1) is 0 Å². The van der Waals surface area contributed by atoms with Gasteiger partial charge in [0.15, 0.2) is 16.6 Å². The van der Waals surface area contributed by atoms with Crippen LogP contribution in [0.2, 0.25) is 36.3 Å². The van der Waals surface area contributed by atoms with Crippen molar-refractivity contribution in [1.82, 2.24) is 0 Å². The van der Waals surface area contributed by atoms with Crippen LogP contribution in [0.25, 0.3) is 0 Å². The summed E-state index contributed by atoms with van der Waals surface area (Å²) in [6.45, 7) is 25.1. The number of hydrogen-bond acceptors (Lipinski definition) is 4. The zero-order valence-electron chi connectivity index (χ0n) is 27.6. The van der Waals surface area contributed by atoms with E-state index >= 15 is 4.21 Å². The standard InChI is InChI=1S/C33H59NO3SSi2/c1-13-27-21-20-24-30(36-40(14-2,15-3)16-4)29(26(5)6)25-31(32(27)37-39(11,12)33(7,8)9)38(35,34-10)28-22-18-17-19-23-28/h17-20,22-27,29-30,32H,13-16,21H2,1-12H3/b24-20-,31-25+/t27-,29+,30+,32+,38?/m1/s1. The molecule has 2 rings (SSSR count). The summed E-state index contributed by atoms with van der Waals surface area (Å²) in [5.41, 5.74) is 0. The van der Waals surface area contributed by atoms with E-state index in [4.69, 9.17) is 13.2 Å². The largest absolute Gasteiger partial charge is 0.410 e. The highest BCUT2D eigenvalue weighted by atomic mass is 32.2. The average molecular weight is 606 g/mol. The van der Waals surface area contributed by atoms with Crippen molar-refractivity contribution in [3.05, 3.63) is 53.5 Å². The summed E-state index contributed by atoms with van der Waals surface area (Å²) in [6.07, 6.45) is 8.43.